The lowest BCUT2D eigenvalue weighted by Crippen LogP contribution is -2.44. The molecule has 31 heavy (non-hydrogen) atoms. The number of rotatable bonds is 3. The van der Waals surface area contributed by atoms with Crippen molar-refractivity contribution in [1.29, 1.82) is 0 Å². The average molecular weight is 463 g/mol. The lowest BCUT2D eigenvalue weighted by molar-refractivity contribution is -0.123. The summed E-state index contributed by atoms with van der Waals surface area (Å²) in [4.78, 5) is 19.5. The molecule has 0 aliphatic carbocycles. The van der Waals surface area contributed by atoms with Crippen molar-refractivity contribution >= 4 is 44.5 Å². The van der Waals surface area contributed by atoms with Crippen LogP contribution in [-0.2, 0) is 21.4 Å². The van der Waals surface area contributed by atoms with Gasteiger partial charge in [-0.25, -0.2) is 17.8 Å². The Kier molecular flexibility index (Phi) is 4.99. The molecule has 10 heteroatoms. The first-order valence-electron chi connectivity index (χ1n) is 10.1. The van der Waals surface area contributed by atoms with Crippen molar-refractivity contribution in [3.63, 3.8) is 0 Å². The zero-order valence-corrected chi connectivity index (χ0v) is 18.1. The number of carbonyl (C=O) groups excluding carboxylic acids is 1. The van der Waals surface area contributed by atoms with Crippen molar-refractivity contribution in [1.82, 2.24) is 13.9 Å². The van der Waals surface area contributed by atoms with Gasteiger partial charge in [0.25, 0.3) is 0 Å². The van der Waals surface area contributed by atoms with Crippen LogP contribution in [0, 0.1) is 11.7 Å². The number of aromatic nitrogens is 2. The summed E-state index contributed by atoms with van der Waals surface area (Å²) < 4.78 is 42.5. The SMILES string of the molecule is O=C(C1CCN(S(=O)(=O)c2ccc(F)c(Cl)c2)CC1)N1CCn2c1nc1ccccc12. The van der Waals surface area contributed by atoms with Gasteiger partial charge in [0.05, 0.1) is 21.0 Å². The van der Waals surface area contributed by atoms with Gasteiger partial charge < -0.3 is 4.57 Å². The van der Waals surface area contributed by atoms with E-state index in [1.54, 1.807) is 4.90 Å². The lowest BCUT2D eigenvalue weighted by atomic mass is 9.96. The maximum absolute atomic E-state index is 13.4. The van der Waals surface area contributed by atoms with E-state index in [-0.39, 0.29) is 34.8 Å². The number of imidazole rings is 1. The van der Waals surface area contributed by atoms with Gasteiger partial charge >= 0.3 is 0 Å². The maximum Gasteiger partial charge on any atom is 0.243 e. The number of benzene rings is 2. The number of hydrogen-bond donors (Lipinski definition) is 0. The molecule has 162 valence electrons. The Bertz CT molecular complexity index is 1290. The van der Waals surface area contributed by atoms with Gasteiger partial charge in [0.15, 0.2) is 0 Å². The summed E-state index contributed by atoms with van der Waals surface area (Å²) in [6, 6.07) is 11.2. The molecule has 0 bridgehead atoms. The Labute approximate surface area is 184 Å². The van der Waals surface area contributed by atoms with Gasteiger partial charge in [0.1, 0.15) is 5.82 Å². The van der Waals surface area contributed by atoms with E-state index in [2.05, 4.69) is 4.98 Å². The van der Waals surface area contributed by atoms with Gasteiger partial charge in [0, 0.05) is 32.1 Å². The van der Waals surface area contributed by atoms with Crippen LogP contribution in [0.1, 0.15) is 12.8 Å². The van der Waals surface area contributed by atoms with Gasteiger partial charge in [-0.3, -0.25) is 9.69 Å². The minimum atomic E-state index is -3.79. The number of nitrogens with zero attached hydrogens (tertiary/aromatic N) is 4. The Morgan fingerprint density at radius 2 is 1.81 bits per heavy atom. The summed E-state index contributed by atoms with van der Waals surface area (Å²) in [5.74, 6) is -0.297. The molecule has 0 unspecified atom stereocenters. The highest BCUT2D eigenvalue weighted by atomic mass is 35.5. The third-order valence-electron chi connectivity index (χ3n) is 6.02. The molecule has 3 heterocycles. The fraction of sp³-hybridized carbons (Fsp3) is 0.333. The van der Waals surface area contributed by atoms with Crippen LogP contribution in [0.5, 0.6) is 0 Å². The van der Waals surface area contributed by atoms with E-state index >= 15 is 0 Å². The number of piperidine rings is 1. The summed E-state index contributed by atoms with van der Waals surface area (Å²) in [5.41, 5.74) is 1.86. The zero-order valence-electron chi connectivity index (χ0n) is 16.5. The van der Waals surface area contributed by atoms with E-state index in [0.717, 1.165) is 23.2 Å². The highest BCUT2D eigenvalue weighted by Gasteiger charge is 2.37. The van der Waals surface area contributed by atoms with Crippen LogP contribution in [0.4, 0.5) is 10.3 Å². The van der Waals surface area contributed by atoms with Crippen molar-refractivity contribution in [3.05, 3.63) is 53.3 Å². The van der Waals surface area contributed by atoms with Crippen LogP contribution >= 0.6 is 11.6 Å². The summed E-state index contributed by atoms with van der Waals surface area (Å²) in [6.07, 6.45) is 0.841. The Balaban J connectivity index is 1.30. The molecule has 0 radical (unpaired) electrons. The van der Waals surface area contributed by atoms with E-state index in [4.69, 9.17) is 11.6 Å². The molecular formula is C21H20ClFN4O3S. The minimum Gasteiger partial charge on any atom is -0.308 e. The number of fused-ring (bicyclic) bond motifs is 3. The molecule has 1 amide bonds. The first kappa shape index (κ1) is 20.4. The minimum absolute atomic E-state index is 0.0177. The number of hydrogen-bond acceptors (Lipinski definition) is 4. The quantitative estimate of drug-likeness (QED) is 0.598. The summed E-state index contributed by atoms with van der Waals surface area (Å²) >= 11 is 5.75. The fourth-order valence-corrected chi connectivity index (χ4v) is 6.09. The molecule has 5 rings (SSSR count). The number of carbonyl (C=O) groups is 1. The summed E-state index contributed by atoms with van der Waals surface area (Å²) in [6.45, 7) is 1.70. The molecular weight excluding hydrogens is 443 g/mol. The average Bonchev–Trinajstić information content (AvgIpc) is 3.34. The molecule has 1 fully saturated rings. The van der Waals surface area contributed by atoms with E-state index < -0.39 is 15.8 Å². The fourth-order valence-electron chi connectivity index (χ4n) is 4.35. The number of para-hydroxylation sites is 2. The monoisotopic (exact) mass is 462 g/mol. The predicted octanol–water partition coefficient (Wildman–Crippen LogP) is 3.28. The van der Waals surface area contributed by atoms with Gasteiger partial charge in [0.2, 0.25) is 21.9 Å². The Morgan fingerprint density at radius 3 is 2.55 bits per heavy atom. The van der Waals surface area contributed by atoms with Crippen molar-refractivity contribution < 1.29 is 17.6 Å². The van der Waals surface area contributed by atoms with E-state index in [9.17, 15) is 17.6 Å². The molecule has 0 spiro atoms. The first-order chi connectivity index (χ1) is 14.9. The highest BCUT2D eigenvalue weighted by molar-refractivity contribution is 7.89. The molecule has 0 atom stereocenters. The number of amides is 1. The van der Waals surface area contributed by atoms with E-state index in [1.807, 2.05) is 28.8 Å². The molecule has 1 aromatic heterocycles. The van der Waals surface area contributed by atoms with E-state index in [1.165, 1.54) is 10.4 Å². The van der Waals surface area contributed by atoms with Crippen LogP contribution in [0.15, 0.2) is 47.4 Å². The molecule has 2 aliphatic heterocycles. The third kappa shape index (κ3) is 3.40. The van der Waals surface area contributed by atoms with Gasteiger partial charge in [-0.1, -0.05) is 23.7 Å². The largest absolute Gasteiger partial charge is 0.308 e. The topological polar surface area (TPSA) is 75.5 Å². The second-order valence-electron chi connectivity index (χ2n) is 7.80. The van der Waals surface area contributed by atoms with Crippen LogP contribution < -0.4 is 4.90 Å². The Hall–Kier alpha value is -2.49. The third-order valence-corrected chi connectivity index (χ3v) is 8.21. The lowest BCUT2D eigenvalue weighted by Gasteiger charge is -2.32. The van der Waals surface area contributed by atoms with Crippen LogP contribution in [0.2, 0.25) is 5.02 Å². The molecule has 0 saturated carbocycles. The molecule has 2 aliphatic rings. The second-order valence-corrected chi connectivity index (χ2v) is 10.1. The smallest absolute Gasteiger partial charge is 0.243 e. The summed E-state index contributed by atoms with van der Waals surface area (Å²) in [7, 11) is -3.79. The Morgan fingerprint density at radius 1 is 1.06 bits per heavy atom. The van der Waals surface area contributed by atoms with Crippen LogP contribution in [-0.4, -0.2) is 47.8 Å². The maximum atomic E-state index is 13.4. The van der Waals surface area contributed by atoms with Crippen molar-refractivity contribution in [2.45, 2.75) is 24.3 Å². The van der Waals surface area contributed by atoms with Gasteiger partial charge in [-0.2, -0.15) is 4.31 Å². The van der Waals surface area contributed by atoms with Crippen molar-refractivity contribution in [2.24, 2.45) is 5.92 Å². The molecule has 3 aromatic rings. The standard InChI is InChI=1S/C21H20ClFN4O3S/c22-16-13-15(5-6-17(16)23)31(29,30)25-9-7-14(8-10-25)20(28)27-12-11-26-19-4-2-1-3-18(19)24-21(26)27/h1-6,13-14H,7-12H2. The number of sulfonamides is 1. The highest BCUT2D eigenvalue weighted by Crippen LogP contribution is 2.31. The second kappa shape index (κ2) is 7.58. The van der Waals surface area contributed by atoms with Crippen LogP contribution in [0.3, 0.4) is 0 Å². The molecule has 1 saturated heterocycles. The molecule has 7 nitrogen and oxygen atoms in total. The van der Waals surface area contributed by atoms with Crippen LogP contribution in [0.25, 0.3) is 11.0 Å². The van der Waals surface area contributed by atoms with E-state index in [0.29, 0.717) is 31.9 Å². The number of halogens is 2. The molecule has 2 aromatic carbocycles. The number of anilines is 1. The van der Waals surface area contributed by atoms with Crippen molar-refractivity contribution in [2.75, 3.05) is 24.5 Å². The first-order valence-corrected chi connectivity index (χ1v) is 11.9. The normalized spacial score (nSPS) is 17.9. The van der Waals surface area contributed by atoms with Crippen molar-refractivity contribution in [3.8, 4) is 0 Å². The summed E-state index contributed by atoms with van der Waals surface area (Å²) in [5, 5.41) is -0.233. The molecule has 0 N–H and O–H groups in total. The van der Waals surface area contributed by atoms with Gasteiger partial charge in [-0.05, 0) is 43.2 Å². The van der Waals surface area contributed by atoms with Gasteiger partial charge in [-0.15, -0.1) is 0 Å². The zero-order chi connectivity index (χ0) is 21.8. The predicted molar refractivity (Wildman–Crippen MR) is 115 cm³/mol.